The molecule has 2 aliphatic rings. The van der Waals surface area contributed by atoms with E-state index in [4.69, 9.17) is 10.3 Å². The summed E-state index contributed by atoms with van der Waals surface area (Å²) in [7, 11) is 0. The molecule has 0 N–H and O–H groups in total. The van der Waals surface area contributed by atoms with Gasteiger partial charge in [0.2, 0.25) is 0 Å². The lowest BCUT2D eigenvalue weighted by Gasteiger charge is -2.29. The average Bonchev–Trinajstić information content (AvgIpc) is 2.74. The number of ether oxygens (including phenoxy) is 1. The van der Waals surface area contributed by atoms with Crippen LogP contribution in [0.3, 0.4) is 0 Å². The summed E-state index contributed by atoms with van der Waals surface area (Å²) >= 11 is 0. The molecule has 0 unspecified atom stereocenters. The maximum Gasteiger partial charge on any atom is 0.0712 e. The quantitative estimate of drug-likeness (QED) is 0.379. The second-order valence-electron chi connectivity index (χ2n) is 4.55. The van der Waals surface area contributed by atoms with Crippen molar-refractivity contribution in [1.29, 1.82) is 0 Å². The Hall–Kier alpha value is -0.730. The van der Waals surface area contributed by atoms with Gasteiger partial charge in [-0.25, -0.2) is 0 Å². The Morgan fingerprint density at radius 2 is 2.36 bits per heavy atom. The molecule has 1 aliphatic carbocycles. The van der Waals surface area contributed by atoms with Gasteiger partial charge in [-0.3, -0.25) is 0 Å². The zero-order valence-corrected chi connectivity index (χ0v) is 8.65. The molecule has 2 fully saturated rings. The van der Waals surface area contributed by atoms with Crippen molar-refractivity contribution in [3.8, 4) is 0 Å². The SMILES string of the molecule is C[C@@H]1CCC[C@@]12CC[C@@H](CN=[N+]=[N-])O2. The number of hydrogen-bond donors (Lipinski definition) is 0. The molecular weight excluding hydrogens is 178 g/mol. The van der Waals surface area contributed by atoms with Crippen LogP contribution in [0.25, 0.3) is 10.4 Å². The van der Waals surface area contributed by atoms with Crippen molar-refractivity contribution in [2.24, 2.45) is 11.0 Å². The molecule has 1 heterocycles. The zero-order valence-electron chi connectivity index (χ0n) is 8.65. The summed E-state index contributed by atoms with van der Waals surface area (Å²) in [6, 6.07) is 0. The van der Waals surface area contributed by atoms with Crippen LogP contribution in [0.4, 0.5) is 0 Å². The molecule has 4 heteroatoms. The van der Waals surface area contributed by atoms with Crippen molar-refractivity contribution < 1.29 is 4.74 Å². The van der Waals surface area contributed by atoms with Crippen LogP contribution >= 0.6 is 0 Å². The third-order valence-electron chi connectivity index (χ3n) is 3.77. The predicted molar refractivity (Wildman–Crippen MR) is 53.9 cm³/mol. The fourth-order valence-corrected chi connectivity index (χ4v) is 2.87. The van der Waals surface area contributed by atoms with Crippen LogP contribution in [-0.2, 0) is 4.74 Å². The van der Waals surface area contributed by atoms with Gasteiger partial charge < -0.3 is 4.74 Å². The van der Waals surface area contributed by atoms with Gasteiger partial charge in [-0.1, -0.05) is 18.5 Å². The molecular formula is C10H17N3O. The van der Waals surface area contributed by atoms with Gasteiger partial charge >= 0.3 is 0 Å². The largest absolute Gasteiger partial charge is 0.371 e. The Balaban J connectivity index is 1.96. The number of rotatable bonds is 2. The van der Waals surface area contributed by atoms with E-state index in [9.17, 15) is 0 Å². The minimum atomic E-state index is 0.135. The molecule has 14 heavy (non-hydrogen) atoms. The lowest BCUT2D eigenvalue weighted by molar-refractivity contribution is -0.0579. The maximum absolute atomic E-state index is 8.24. The second-order valence-corrected chi connectivity index (χ2v) is 4.55. The fourth-order valence-electron chi connectivity index (χ4n) is 2.87. The molecule has 0 aromatic heterocycles. The van der Waals surface area contributed by atoms with Crippen molar-refractivity contribution in [1.82, 2.24) is 0 Å². The fraction of sp³-hybridized carbons (Fsp3) is 1.00. The highest BCUT2D eigenvalue weighted by atomic mass is 16.5. The Morgan fingerprint density at radius 3 is 3.00 bits per heavy atom. The van der Waals surface area contributed by atoms with Crippen molar-refractivity contribution in [3.63, 3.8) is 0 Å². The molecule has 1 saturated heterocycles. The van der Waals surface area contributed by atoms with Crippen LogP contribution in [-0.4, -0.2) is 18.2 Å². The molecule has 1 aliphatic heterocycles. The highest BCUT2D eigenvalue weighted by molar-refractivity contribution is 4.97. The average molecular weight is 195 g/mol. The topological polar surface area (TPSA) is 58.0 Å². The Labute approximate surface area is 84.3 Å². The summed E-state index contributed by atoms with van der Waals surface area (Å²) in [4.78, 5) is 2.78. The molecule has 0 radical (unpaired) electrons. The predicted octanol–water partition coefficient (Wildman–Crippen LogP) is 3.03. The molecule has 4 nitrogen and oxygen atoms in total. The van der Waals surface area contributed by atoms with E-state index in [1.54, 1.807) is 0 Å². The zero-order chi connectivity index (χ0) is 10.0. The van der Waals surface area contributed by atoms with Crippen LogP contribution in [0.15, 0.2) is 5.11 Å². The summed E-state index contributed by atoms with van der Waals surface area (Å²) in [5.41, 5.74) is 8.37. The lowest BCUT2D eigenvalue weighted by atomic mass is 9.89. The summed E-state index contributed by atoms with van der Waals surface area (Å²) in [5, 5.41) is 3.59. The third-order valence-corrected chi connectivity index (χ3v) is 3.77. The van der Waals surface area contributed by atoms with Crippen LogP contribution in [0.2, 0.25) is 0 Å². The molecule has 1 saturated carbocycles. The Bertz CT molecular complexity index is 262. The maximum atomic E-state index is 8.24. The van der Waals surface area contributed by atoms with Crippen LogP contribution in [0, 0.1) is 5.92 Å². The van der Waals surface area contributed by atoms with E-state index < -0.39 is 0 Å². The Morgan fingerprint density at radius 1 is 1.50 bits per heavy atom. The van der Waals surface area contributed by atoms with Gasteiger partial charge in [0.25, 0.3) is 0 Å². The first-order valence-corrected chi connectivity index (χ1v) is 5.45. The van der Waals surface area contributed by atoms with Crippen molar-refractivity contribution in [2.75, 3.05) is 6.54 Å². The van der Waals surface area contributed by atoms with Crippen molar-refractivity contribution in [2.45, 2.75) is 50.7 Å². The van der Waals surface area contributed by atoms with Crippen LogP contribution < -0.4 is 0 Å². The van der Waals surface area contributed by atoms with E-state index in [1.165, 1.54) is 19.3 Å². The summed E-state index contributed by atoms with van der Waals surface area (Å²) in [5.74, 6) is 0.679. The Kier molecular flexibility index (Phi) is 2.66. The molecule has 0 amide bonds. The first-order chi connectivity index (χ1) is 6.77. The molecule has 78 valence electrons. The normalized spacial score (nSPS) is 41.5. The van der Waals surface area contributed by atoms with E-state index in [1.807, 2.05) is 0 Å². The second kappa shape index (κ2) is 3.79. The smallest absolute Gasteiger partial charge is 0.0712 e. The first-order valence-electron chi connectivity index (χ1n) is 5.45. The molecule has 2 rings (SSSR count). The molecule has 0 aromatic carbocycles. The molecule has 3 atom stereocenters. The number of hydrogen-bond acceptors (Lipinski definition) is 2. The summed E-state index contributed by atoms with van der Waals surface area (Å²) in [6.45, 7) is 2.79. The minimum absolute atomic E-state index is 0.135. The summed E-state index contributed by atoms with van der Waals surface area (Å²) in [6.07, 6.45) is 6.15. The minimum Gasteiger partial charge on any atom is -0.371 e. The third kappa shape index (κ3) is 1.60. The molecule has 1 spiro atoms. The number of nitrogens with zero attached hydrogens (tertiary/aromatic N) is 3. The van der Waals surface area contributed by atoms with E-state index in [0.717, 1.165) is 12.8 Å². The first kappa shape index (κ1) is 9.81. The molecule has 0 bridgehead atoms. The van der Waals surface area contributed by atoms with Gasteiger partial charge in [0.1, 0.15) is 0 Å². The van der Waals surface area contributed by atoms with E-state index in [0.29, 0.717) is 12.5 Å². The summed E-state index contributed by atoms with van der Waals surface area (Å²) < 4.78 is 6.06. The van der Waals surface area contributed by atoms with Gasteiger partial charge in [0.15, 0.2) is 0 Å². The number of azide groups is 1. The van der Waals surface area contributed by atoms with Gasteiger partial charge in [-0.05, 0) is 37.1 Å². The molecule has 0 aromatic rings. The van der Waals surface area contributed by atoms with E-state index >= 15 is 0 Å². The van der Waals surface area contributed by atoms with Crippen molar-refractivity contribution in [3.05, 3.63) is 10.4 Å². The van der Waals surface area contributed by atoms with Gasteiger partial charge in [-0.2, -0.15) is 0 Å². The van der Waals surface area contributed by atoms with Crippen molar-refractivity contribution >= 4 is 0 Å². The van der Waals surface area contributed by atoms with Crippen LogP contribution in [0.5, 0.6) is 0 Å². The van der Waals surface area contributed by atoms with E-state index in [-0.39, 0.29) is 11.7 Å². The van der Waals surface area contributed by atoms with E-state index in [2.05, 4.69) is 16.9 Å². The lowest BCUT2D eigenvalue weighted by Crippen LogP contribution is -2.32. The highest BCUT2D eigenvalue weighted by Gasteiger charge is 2.46. The standard InChI is InChI=1S/C10H17N3O/c1-8-3-2-5-10(8)6-4-9(14-10)7-12-13-11/h8-9H,2-7H2,1H3/t8-,9+,10-/m1/s1. The van der Waals surface area contributed by atoms with Gasteiger partial charge in [0, 0.05) is 4.91 Å². The monoisotopic (exact) mass is 195 g/mol. The van der Waals surface area contributed by atoms with Gasteiger partial charge in [0.05, 0.1) is 18.2 Å². The van der Waals surface area contributed by atoms with Gasteiger partial charge in [-0.15, -0.1) is 0 Å². The highest BCUT2D eigenvalue weighted by Crippen LogP contribution is 2.47. The van der Waals surface area contributed by atoms with Crippen LogP contribution in [0.1, 0.15) is 39.0 Å².